The quantitative estimate of drug-likeness (QED) is 0.798. The molecule has 0 spiro atoms. The second-order valence-electron chi connectivity index (χ2n) is 4.35. The fourth-order valence-corrected chi connectivity index (χ4v) is 2.89. The molecule has 1 fully saturated rings. The van der Waals surface area contributed by atoms with E-state index in [1.165, 1.54) is 0 Å². The van der Waals surface area contributed by atoms with E-state index in [4.69, 9.17) is 28.9 Å². The van der Waals surface area contributed by atoms with E-state index in [0.29, 0.717) is 27.9 Å². The Labute approximate surface area is 101 Å². The van der Waals surface area contributed by atoms with Gasteiger partial charge in [-0.25, -0.2) is 0 Å². The third kappa shape index (κ3) is 2.01. The number of benzene rings is 1. The van der Waals surface area contributed by atoms with Crippen LogP contribution in [0.3, 0.4) is 0 Å². The highest BCUT2D eigenvalue weighted by Gasteiger charge is 2.32. The zero-order chi connectivity index (χ0) is 11.0. The number of nitrogens with two attached hydrogens (primary N) is 1. The van der Waals surface area contributed by atoms with E-state index in [2.05, 4.69) is 13.0 Å². The monoisotopic (exact) mass is 243 g/mol. The molecule has 0 bridgehead atoms. The molecule has 1 nitrogen and oxygen atoms in total. The molecule has 2 rings (SSSR count). The van der Waals surface area contributed by atoms with Crippen molar-refractivity contribution in [2.75, 3.05) is 0 Å². The first-order valence-corrected chi connectivity index (χ1v) is 6.06. The van der Waals surface area contributed by atoms with E-state index in [1.807, 2.05) is 12.1 Å². The van der Waals surface area contributed by atoms with Gasteiger partial charge in [-0.3, -0.25) is 0 Å². The summed E-state index contributed by atoms with van der Waals surface area (Å²) < 4.78 is 0. The first kappa shape index (κ1) is 11.3. The van der Waals surface area contributed by atoms with Gasteiger partial charge in [-0.05, 0) is 36.3 Å². The summed E-state index contributed by atoms with van der Waals surface area (Å²) in [5.74, 6) is 0.951. The van der Waals surface area contributed by atoms with E-state index >= 15 is 0 Å². The van der Waals surface area contributed by atoms with Gasteiger partial charge in [0.05, 0.1) is 10.0 Å². The van der Waals surface area contributed by atoms with Crippen molar-refractivity contribution in [3.05, 3.63) is 33.8 Å². The molecule has 1 aromatic rings. The first-order chi connectivity index (χ1) is 7.11. The summed E-state index contributed by atoms with van der Waals surface area (Å²) in [5.41, 5.74) is 7.18. The summed E-state index contributed by atoms with van der Waals surface area (Å²) in [5, 5.41) is 1.34. The van der Waals surface area contributed by atoms with Crippen molar-refractivity contribution in [3.8, 4) is 0 Å². The largest absolute Gasteiger partial charge is 0.327 e. The van der Waals surface area contributed by atoms with E-state index in [0.717, 1.165) is 18.4 Å². The van der Waals surface area contributed by atoms with E-state index in [1.54, 1.807) is 0 Å². The Morgan fingerprint density at radius 1 is 1.27 bits per heavy atom. The van der Waals surface area contributed by atoms with Gasteiger partial charge in [0.15, 0.2) is 0 Å². The molecule has 1 aliphatic carbocycles. The van der Waals surface area contributed by atoms with Crippen molar-refractivity contribution in [2.24, 2.45) is 11.7 Å². The number of hydrogen-bond donors (Lipinski definition) is 1. The molecule has 15 heavy (non-hydrogen) atoms. The molecule has 1 aromatic carbocycles. The maximum atomic E-state index is 6.21. The summed E-state index contributed by atoms with van der Waals surface area (Å²) in [6.07, 6.45) is 2.19. The van der Waals surface area contributed by atoms with Crippen LogP contribution in [0.5, 0.6) is 0 Å². The molecule has 0 heterocycles. The third-order valence-electron chi connectivity index (χ3n) is 3.50. The second-order valence-corrected chi connectivity index (χ2v) is 5.14. The topological polar surface area (TPSA) is 26.0 Å². The molecule has 0 saturated heterocycles. The molecule has 3 atom stereocenters. The normalized spacial score (nSPS) is 30.8. The summed E-state index contributed by atoms with van der Waals surface area (Å²) in [7, 11) is 0. The van der Waals surface area contributed by atoms with Crippen molar-refractivity contribution >= 4 is 23.2 Å². The fourth-order valence-electron chi connectivity index (χ4n) is 2.44. The Morgan fingerprint density at radius 2 is 2.00 bits per heavy atom. The Hall–Kier alpha value is -0.240. The van der Waals surface area contributed by atoms with Gasteiger partial charge < -0.3 is 5.73 Å². The van der Waals surface area contributed by atoms with Crippen LogP contribution < -0.4 is 5.73 Å². The summed E-state index contributed by atoms with van der Waals surface area (Å²) in [4.78, 5) is 0. The molecular formula is C12H15Cl2N. The van der Waals surface area contributed by atoms with Gasteiger partial charge in [0.25, 0.3) is 0 Å². The van der Waals surface area contributed by atoms with Gasteiger partial charge in [-0.2, -0.15) is 0 Å². The van der Waals surface area contributed by atoms with E-state index in [-0.39, 0.29) is 0 Å². The van der Waals surface area contributed by atoms with E-state index in [9.17, 15) is 0 Å². The van der Waals surface area contributed by atoms with Gasteiger partial charge >= 0.3 is 0 Å². The van der Waals surface area contributed by atoms with Crippen LogP contribution in [-0.4, -0.2) is 6.04 Å². The lowest BCUT2D eigenvalue weighted by molar-refractivity contribution is 0.479. The molecule has 0 radical (unpaired) electrons. The Kier molecular flexibility index (Phi) is 3.24. The molecule has 3 unspecified atom stereocenters. The average Bonchev–Trinajstić information content (AvgIpc) is 2.53. The predicted octanol–water partition coefficient (Wildman–Crippen LogP) is 3.83. The van der Waals surface area contributed by atoms with Crippen LogP contribution in [0, 0.1) is 5.92 Å². The predicted molar refractivity (Wildman–Crippen MR) is 65.6 cm³/mol. The molecule has 82 valence electrons. The van der Waals surface area contributed by atoms with Crippen molar-refractivity contribution in [2.45, 2.75) is 31.7 Å². The standard InChI is InChI=1S/C12H15Cl2N/c1-7-8(5-6-11(7)15)9-3-2-4-10(13)12(9)14/h2-4,7-8,11H,5-6,15H2,1H3. The number of rotatable bonds is 1. The minimum absolute atomic E-state index is 0.296. The Balaban J connectivity index is 2.34. The SMILES string of the molecule is CC1C(N)CCC1c1cccc(Cl)c1Cl. The van der Waals surface area contributed by atoms with Crippen LogP contribution in [0.15, 0.2) is 18.2 Å². The number of halogens is 2. The molecule has 1 saturated carbocycles. The van der Waals surface area contributed by atoms with E-state index < -0.39 is 0 Å². The summed E-state index contributed by atoms with van der Waals surface area (Å²) >= 11 is 12.2. The van der Waals surface area contributed by atoms with Gasteiger partial charge in [-0.1, -0.05) is 42.3 Å². The molecular weight excluding hydrogens is 229 g/mol. The third-order valence-corrected chi connectivity index (χ3v) is 4.34. The number of hydrogen-bond acceptors (Lipinski definition) is 1. The lowest BCUT2D eigenvalue weighted by Gasteiger charge is -2.19. The molecule has 1 aliphatic rings. The van der Waals surface area contributed by atoms with Gasteiger partial charge in [0, 0.05) is 6.04 Å². The van der Waals surface area contributed by atoms with Crippen molar-refractivity contribution < 1.29 is 0 Å². The summed E-state index contributed by atoms with van der Waals surface area (Å²) in [6.45, 7) is 2.19. The Morgan fingerprint density at radius 3 is 2.60 bits per heavy atom. The van der Waals surface area contributed by atoms with Gasteiger partial charge in [0.2, 0.25) is 0 Å². The second kappa shape index (κ2) is 4.32. The minimum atomic E-state index is 0.296. The minimum Gasteiger partial charge on any atom is -0.327 e. The Bertz CT molecular complexity index is 365. The molecule has 3 heteroatoms. The van der Waals surface area contributed by atoms with Crippen LogP contribution in [-0.2, 0) is 0 Å². The highest BCUT2D eigenvalue weighted by Crippen LogP contribution is 2.42. The van der Waals surface area contributed by atoms with Gasteiger partial charge in [0.1, 0.15) is 0 Å². The highest BCUT2D eigenvalue weighted by atomic mass is 35.5. The average molecular weight is 244 g/mol. The van der Waals surface area contributed by atoms with Crippen LogP contribution in [0.1, 0.15) is 31.2 Å². The molecule has 2 N–H and O–H groups in total. The first-order valence-electron chi connectivity index (χ1n) is 5.30. The van der Waals surface area contributed by atoms with Crippen molar-refractivity contribution in [1.29, 1.82) is 0 Å². The van der Waals surface area contributed by atoms with Crippen LogP contribution in [0.4, 0.5) is 0 Å². The van der Waals surface area contributed by atoms with Crippen LogP contribution in [0.25, 0.3) is 0 Å². The smallest absolute Gasteiger partial charge is 0.0627 e. The molecule has 0 aliphatic heterocycles. The van der Waals surface area contributed by atoms with Crippen LogP contribution in [0.2, 0.25) is 10.0 Å². The fraction of sp³-hybridized carbons (Fsp3) is 0.500. The lowest BCUT2D eigenvalue weighted by Crippen LogP contribution is -2.24. The lowest BCUT2D eigenvalue weighted by atomic mass is 9.89. The summed E-state index contributed by atoms with van der Waals surface area (Å²) in [6, 6.07) is 6.14. The zero-order valence-electron chi connectivity index (χ0n) is 8.71. The van der Waals surface area contributed by atoms with Crippen molar-refractivity contribution in [1.82, 2.24) is 0 Å². The zero-order valence-corrected chi connectivity index (χ0v) is 10.2. The maximum absolute atomic E-state index is 6.21. The van der Waals surface area contributed by atoms with Crippen molar-refractivity contribution in [3.63, 3.8) is 0 Å². The maximum Gasteiger partial charge on any atom is 0.0627 e. The molecule has 0 aromatic heterocycles. The molecule has 0 amide bonds. The van der Waals surface area contributed by atoms with Crippen LogP contribution >= 0.6 is 23.2 Å². The highest BCUT2D eigenvalue weighted by molar-refractivity contribution is 6.42. The van der Waals surface area contributed by atoms with Gasteiger partial charge in [-0.15, -0.1) is 0 Å².